The first kappa shape index (κ1) is 15.2. The van der Waals surface area contributed by atoms with Gasteiger partial charge in [0.2, 0.25) is 0 Å². The van der Waals surface area contributed by atoms with Crippen LogP contribution in [0.5, 0.6) is 11.5 Å². The molecule has 0 fully saturated rings. The van der Waals surface area contributed by atoms with E-state index in [1.165, 1.54) is 13.2 Å². The maximum Gasteiger partial charge on any atom is 0.135 e. The van der Waals surface area contributed by atoms with Gasteiger partial charge in [0.25, 0.3) is 0 Å². The fraction of sp³-hybridized carbons (Fsp3) is 0.176. The summed E-state index contributed by atoms with van der Waals surface area (Å²) in [5.41, 5.74) is 1.18. The Morgan fingerprint density at radius 2 is 2.00 bits per heavy atom. The molecule has 0 bridgehead atoms. The summed E-state index contributed by atoms with van der Waals surface area (Å²) >= 11 is 5.55. The van der Waals surface area contributed by atoms with Crippen molar-refractivity contribution in [1.29, 1.82) is 0 Å². The molecule has 0 unspecified atom stereocenters. The summed E-state index contributed by atoms with van der Waals surface area (Å²) < 4.78 is 24.5. The number of benzene rings is 2. The van der Waals surface area contributed by atoms with Crippen LogP contribution in [0.3, 0.4) is 0 Å². The van der Waals surface area contributed by atoms with Crippen molar-refractivity contribution in [3.8, 4) is 23.3 Å². The molecule has 0 aliphatic carbocycles. The number of methoxy groups -OCH3 is 1. The Morgan fingerprint density at radius 1 is 1.19 bits per heavy atom. The molecule has 0 saturated carbocycles. The number of rotatable bonds is 4. The van der Waals surface area contributed by atoms with Crippen LogP contribution in [-0.4, -0.2) is 13.0 Å². The van der Waals surface area contributed by atoms with Crippen molar-refractivity contribution in [3.05, 3.63) is 59.4 Å². The van der Waals surface area contributed by atoms with Crippen LogP contribution >= 0.6 is 11.6 Å². The lowest BCUT2D eigenvalue weighted by atomic mass is 10.2. The van der Waals surface area contributed by atoms with Crippen LogP contribution in [0.25, 0.3) is 0 Å². The lowest BCUT2D eigenvalue weighted by Crippen LogP contribution is -2.00. The van der Waals surface area contributed by atoms with E-state index in [1.54, 1.807) is 18.2 Å². The van der Waals surface area contributed by atoms with E-state index < -0.39 is 0 Å². The minimum absolute atomic E-state index is 0.120. The van der Waals surface area contributed by atoms with Gasteiger partial charge in [-0.3, -0.25) is 0 Å². The van der Waals surface area contributed by atoms with Gasteiger partial charge in [0.1, 0.15) is 23.9 Å². The molecule has 0 amide bonds. The second-order valence-electron chi connectivity index (χ2n) is 4.18. The molecular weight excluding hydrogens is 291 g/mol. The lowest BCUT2D eigenvalue weighted by Gasteiger charge is -2.09. The molecule has 21 heavy (non-hydrogen) atoms. The van der Waals surface area contributed by atoms with Crippen LogP contribution in [-0.2, 0) is 6.61 Å². The predicted octanol–water partition coefficient (Wildman–Crippen LogP) is 4.00. The van der Waals surface area contributed by atoms with Crippen molar-refractivity contribution < 1.29 is 13.9 Å². The van der Waals surface area contributed by atoms with Gasteiger partial charge in [-0.2, -0.15) is 0 Å². The van der Waals surface area contributed by atoms with Crippen LogP contribution < -0.4 is 9.47 Å². The average molecular weight is 305 g/mol. The van der Waals surface area contributed by atoms with Crippen LogP contribution in [0.1, 0.15) is 11.1 Å². The first-order chi connectivity index (χ1) is 10.2. The number of ether oxygens (including phenoxy) is 2. The first-order valence-corrected chi connectivity index (χ1v) is 6.87. The number of hydrogen-bond donors (Lipinski definition) is 0. The van der Waals surface area contributed by atoms with E-state index >= 15 is 0 Å². The highest BCUT2D eigenvalue weighted by Gasteiger charge is 2.06. The monoisotopic (exact) mass is 304 g/mol. The van der Waals surface area contributed by atoms with E-state index in [0.29, 0.717) is 17.1 Å². The fourth-order valence-corrected chi connectivity index (χ4v) is 1.82. The van der Waals surface area contributed by atoms with E-state index in [9.17, 15) is 4.39 Å². The molecule has 2 aromatic carbocycles. The summed E-state index contributed by atoms with van der Waals surface area (Å²) in [5.74, 6) is 6.65. The molecule has 108 valence electrons. The second kappa shape index (κ2) is 7.56. The summed E-state index contributed by atoms with van der Waals surface area (Å²) in [4.78, 5) is 0. The minimum Gasteiger partial charge on any atom is -0.497 e. The van der Waals surface area contributed by atoms with Gasteiger partial charge in [-0.15, -0.1) is 11.6 Å². The molecule has 0 heterocycles. The van der Waals surface area contributed by atoms with E-state index in [0.717, 1.165) is 5.56 Å². The summed E-state index contributed by atoms with van der Waals surface area (Å²) in [5, 5.41) is 0. The Bertz CT molecular complexity index is 674. The molecule has 0 N–H and O–H groups in total. The Morgan fingerprint density at radius 3 is 2.71 bits per heavy atom. The van der Waals surface area contributed by atoms with Crippen molar-refractivity contribution in [2.45, 2.75) is 6.61 Å². The van der Waals surface area contributed by atoms with Gasteiger partial charge in [-0.1, -0.05) is 24.0 Å². The summed E-state index contributed by atoms with van der Waals surface area (Å²) in [6.07, 6.45) is 0. The van der Waals surface area contributed by atoms with Gasteiger partial charge in [0, 0.05) is 11.6 Å². The summed E-state index contributed by atoms with van der Waals surface area (Å²) in [6, 6.07) is 12.0. The summed E-state index contributed by atoms with van der Waals surface area (Å²) in [6.45, 7) is 0.120. The van der Waals surface area contributed by atoms with Crippen LogP contribution in [0, 0.1) is 17.7 Å². The normalized spacial score (nSPS) is 9.67. The van der Waals surface area contributed by atoms with Crippen molar-refractivity contribution >= 4 is 11.6 Å². The zero-order valence-corrected chi connectivity index (χ0v) is 12.3. The van der Waals surface area contributed by atoms with Gasteiger partial charge in [0.05, 0.1) is 18.6 Å². The molecule has 0 radical (unpaired) electrons. The number of halogens is 2. The Kier molecular flexibility index (Phi) is 5.48. The van der Waals surface area contributed by atoms with E-state index in [1.807, 2.05) is 18.2 Å². The van der Waals surface area contributed by atoms with E-state index in [4.69, 9.17) is 21.1 Å². The fourth-order valence-electron chi connectivity index (χ4n) is 1.75. The lowest BCUT2D eigenvalue weighted by molar-refractivity contribution is 0.298. The Balaban J connectivity index is 2.13. The number of para-hydroxylation sites is 1. The standard InChI is InChI=1S/C17H14ClFO2/c1-20-15-9-8-14(16(19)11-15)12-21-17-7-3-2-5-13(17)6-4-10-18/h2-3,5,7-9,11H,10,12H2,1H3. The molecule has 2 nitrogen and oxygen atoms in total. The average Bonchev–Trinajstić information content (AvgIpc) is 2.52. The smallest absolute Gasteiger partial charge is 0.135 e. The molecule has 0 saturated heterocycles. The van der Waals surface area contributed by atoms with Crippen molar-refractivity contribution in [3.63, 3.8) is 0 Å². The molecule has 0 aromatic heterocycles. The predicted molar refractivity (Wildman–Crippen MR) is 81.3 cm³/mol. The highest BCUT2D eigenvalue weighted by atomic mass is 35.5. The zero-order chi connectivity index (χ0) is 15.1. The van der Waals surface area contributed by atoms with Gasteiger partial charge < -0.3 is 9.47 Å². The molecule has 2 rings (SSSR count). The third-order valence-corrected chi connectivity index (χ3v) is 2.95. The topological polar surface area (TPSA) is 18.5 Å². The minimum atomic E-state index is -0.362. The van der Waals surface area contributed by atoms with Crippen molar-refractivity contribution in [2.75, 3.05) is 13.0 Å². The van der Waals surface area contributed by atoms with Crippen LogP contribution in [0.2, 0.25) is 0 Å². The largest absolute Gasteiger partial charge is 0.497 e. The Labute approximate surface area is 128 Å². The number of alkyl halides is 1. The van der Waals surface area contributed by atoms with Gasteiger partial charge in [-0.25, -0.2) is 4.39 Å². The Hall–Kier alpha value is -2.18. The third kappa shape index (κ3) is 4.14. The molecule has 2 aromatic rings. The number of hydrogen-bond acceptors (Lipinski definition) is 2. The quantitative estimate of drug-likeness (QED) is 0.628. The maximum atomic E-state index is 13.8. The SMILES string of the molecule is COc1ccc(COc2ccccc2C#CCCl)c(F)c1. The third-order valence-electron chi connectivity index (χ3n) is 2.82. The molecule has 0 spiro atoms. The molecule has 0 atom stereocenters. The maximum absolute atomic E-state index is 13.8. The molecule has 0 aliphatic heterocycles. The highest BCUT2D eigenvalue weighted by molar-refractivity contribution is 6.19. The van der Waals surface area contributed by atoms with E-state index in [2.05, 4.69) is 11.8 Å². The van der Waals surface area contributed by atoms with Crippen LogP contribution in [0.15, 0.2) is 42.5 Å². The van der Waals surface area contributed by atoms with E-state index in [-0.39, 0.29) is 18.3 Å². The van der Waals surface area contributed by atoms with Crippen molar-refractivity contribution in [2.24, 2.45) is 0 Å². The summed E-state index contributed by atoms with van der Waals surface area (Å²) in [7, 11) is 1.50. The van der Waals surface area contributed by atoms with Crippen molar-refractivity contribution in [1.82, 2.24) is 0 Å². The molecule has 0 aliphatic rings. The zero-order valence-electron chi connectivity index (χ0n) is 11.5. The molecule has 4 heteroatoms. The first-order valence-electron chi connectivity index (χ1n) is 6.33. The van der Waals surface area contributed by atoms with Gasteiger partial charge >= 0.3 is 0 Å². The van der Waals surface area contributed by atoms with Gasteiger partial charge in [-0.05, 0) is 24.3 Å². The highest BCUT2D eigenvalue weighted by Crippen LogP contribution is 2.21. The second-order valence-corrected chi connectivity index (χ2v) is 4.44. The van der Waals surface area contributed by atoms with Crippen LogP contribution in [0.4, 0.5) is 4.39 Å². The molecular formula is C17H14ClFO2. The van der Waals surface area contributed by atoms with Gasteiger partial charge in [0.15, 0.2) is 0 Å².